The van der Waals surface area contributed by atoms with E-state index in [2.05, 4.69) is 0 Å². The van der Waals surface area contributed by atoms with Crippen LogP contribution in [0.25, 0.3) is 0 Å². The fourth-order valence-electron chi connectivity index (χ4n) is 4.24. The van der Waals surface area contributed by atoms with Crippen molar-refractivity contribution in [2.45, 2.75) is 52.4 Å². The lowest BCUT2D eigenvalue weighted by Gasteiger charge is -2.42. The highest BCUT2D eigenvalue weighted by Gasteiger charge is 2.76. The van der Waals surface area contributed by atoms with E-state index in [1.54, 1.807) is 0 Å². The minimum Gasteiger partial charge on any atom is -0.275 e. The molecule has 3 aliphatic heterocycles. The summed E-state index contributed by atoms with van der Waals surface area (Å²) in [7, 11) is 0. The third-order valence-electron chi connectivity index (χ3n) is 5.25. The number of amides is 8. The van der Waals surface area contributed by atoms with E-state index >= 15 is 0 Å². The molecule has 0 aromatic carbocycles. The Morgan fingerprint density at radius 1 is 0.594 bits per heavy atom. The maximum atomic E-state index is 12.8. The zero-order valence-corrected chi connectivity index (χ0v) is 17.0. The zero-order chi connectivity index (χ0) is 24.4. The minimum absolute atomic E-state index is 0.264. The maximum absolute atomic E-state index is 12.8. The predicted molar refractivity (Wildman–Crippen MR) is 90.5 cm³/mol. The molecule has 0 bridgehead atoms. The number of hydrogen-bond donors (Lipinski definition) is 2. The van der Waals surface area contributed by atoms with Gasteiger partial charge in [0, 0.05) is 27.7 Å². The summed E-state index contributed by atoms with van der Waals surface area (Å²) in [4.78, 5) is 100. The number of fused-ring (bicyclic) bond motifs is 2. The van der Waals surface area contributed by atoms with Crippen LogP contribution in [-0.4, -0.2) is 110 Å². The molecule has 0 saturated carbocycles. The smallest absolute Gasteiger partial charge is 0.275 e. The van der Waals surface area contributed by atoms with Crippen molar-refractivity contribution in [1.82, 2.24) is 29.6 Å². The largest absolute Gasteiger partial charge is 0.361 e. The third-order valence-corrected chi connectivity index (χ3v) is 5.25. The summed E-state index contributed by atoms with van der Waals surface area (Å²) in [5.74, 6) is -4.18. The van der Waals surface area contributed by atoms with E-state index < -0.39 is 70.4 Å². The number of carbonyl (C=O) groups is 6. The third kappa shape index (κ3) is 2.72. The van der Waals surface area contributed by atoms with Gasteiger partial charge in [0.25, 0.3) is 0 Å². The lowest BCUT2D eigenvalue weighted by Crippen LogP contribution is -2.77. The molecule has 0 aromatic rings. The molecule has 3 aliphatic rings. The van der Waals surface area contributed by atoms with Crippen molar-refractivity contribution in [2.24, 2.45) is 0 Å². The topological polar surface area (TPSA) is 202 Å². The molecular weight excluding hydrogens is 440 g/mol. The van der Waals surface area contributed by atoms with Gasteiger partial charge in [-0.1, -0.05) is 0 Å². The van der Waals surface area contributed by atoms with Gasteiger partial charge in [-0.05, 0) is 10.0 Å². The molecule has 3 heterocycles. The van der Waals surface area contributed by atoms with Crippen LogP contribution >= 0.6 is 0 Å². The average molecular weight is 458 g/mol. The number of hydrazine groups is 2. The zero-order valence-electron chi connectivity index (χ0n) is 17.0. The quantitative estimate of drug-likeness (QED) is 0.421. The first-order valence-electron chi connectivity index (χ1n) is 8.91. The van der Waals surface area contributed by atoms with Gasteiger partial charge in [0.05, 0.1) is 0 Å². The fraction of sp³-hybridized carbons (Fsp3) is 0.571. The van der Waals surface area contributed by atoms with Crippen LogP contribution < -0.4 is 0 Å². The van der Waals surface area contributed by atoms with Gasteiger partial charge in [-0.3, -0.25) is 19.2 Å². The van der Waals surface area contributed by atoms with Gasteiger partial charge in [-0.15, -0.1) is 0 Å². The molecule has 3 saturated heterocycles. The summed E-state index contributed by atoms with van der Waals surface area (Å²) in [5.41, 5.74) is 0. The molecule has 4 unspecified atom stereocenters. The molecule has 18 heteroatoms. The van der Waals surface area contributed by atoms with E-state index in [-0.39, 0.29) is 10.0 Å². The predicted octanol–water partition coefficient (Wildman–Crippen LogP) is -2.26. The molecular formula is C14H18N8O10+2. The number of imide groups is 4. The van der Waals surface area contributed by atoms with Crippen LogP contribution in [0.3, 0.4) is 0 Å². The Morgan fingerprint density at radius 3 is 0.906 bits per heavy atom. The normalized spacial score (nSPS) is 26.9. The molecule has 2 N–H and O–H groups in total. The van der Waals surface area contributed by atoms with Crippen molar-refractivity contribution < 1.29 is 49.2 Å². The van der Waals surface area contributed by atoms with E-state index in [4.69, 9.17) is 0 Å². The highest BCUT2D eigenvalue weighted by Crippen LogP contribution is 2.42. The number of nitrogens with zero attached hydrogens (tertiary/aromatic N) is 8. The summed E-state index contributed by atoms with van der Waals surface area (Å²) in [5, 5.41) is 18.4. The number of urea groups is 2. The van der Waals surface area contributed by atoms with Crippen molar-refractivity contribution in [3.63, 3.8) is 0 Å². The molecule has 0 radical (unpaired) electrons. The molecule has 172 valence electrons. The Morgan fingerprint density at radius 2 is 0.781 bits per heavy atom. The molecule has 32 heavy (non-hydrogen) atoms. The van der Waals surface area contributed by atoms with Crippen LogP contribution in [0.4, 0.5) is 9.59 Å². The van der Waals surface area contributed by atoms with Gasteiger partial charge in [0.1, 0.15) is 9.81 Å². The first-order chi connectivity index (χ1) is 14.7. The van der Waals surface area contributed by atoms with Gasteiger partial charge in [0.2, 0.25) is 48.3 Å². The van der Waals surface area contributed by atoms with Gasteiger partial charge < -0.3 is 0 Å². The first kappa shape index (κ1) is 22.3. The van der Waals surface area contributed by atoms with Crippen LogP contribution in [0.2, 0.25) is 0 Å². The summed E-state index contributed by atoms with van der Waals surface area (Å²) in [6.45, 7) is 3.49. The Balaban J connectivity index is 2.38. The number of carbonyl (C=O) groups excluding carboxylic acids is 6. The fourth-order valence-corrected chi connectivity index (χ4v) is 4.24. The van der Waals surface area contributed by atoms with Gasteiger partial charge in [0.15, 0.2) is 0 Å². The van der Waals surface area contributed by atoms with E-state index in [1.807, 2.05) is 0 Å². The summed E-state index contributed by atoms with van der Waals surface area (Å²) >= 11 is 0. The number of rotatable bonds is 2. The molecule has 18 nitrogen and oxygen atoms in total. The molecule has 3 rings (SSSR count). The maximum Gasteiger partial charge on any atom is 0.361 e. The van der Waals surface area contributed by atoms with Crippen LogP contribution in [0.1, 0.15) is 27.7 Å². The van der Waals surface area contributed by atoms with E-state index in [9.17, 15) is 49.0 Å². The Kier molecular flexibility index (Phi) is 4.95. The monoisotopic (exact) mass is 458 g/mol. The van der Waals surface area contributed by atoms with E-state index in [0.29, 0.717) is 19.6 Å². The Bertz CT molecular complexity index is 860. The lowest BCUT2D eigenvalue weighted by atomic mass is 10.1. The second-order valence-corrected chi connectivity index (χ2v) is 7.04. The van der Waals surface area contributed by atoms with E-state index in [0.717, 1.165) is 27.7 Å². The average Bonchev–Trinajstić information content (AvgIpc) is 3.09. The summed E-state index contributed by atoms with van der Waals surface area (Å²) in [6, 6.07) is -2.65. The molecule has 8 amide bonds. The van der Waals surface area contributed by atoms with Crippen molar-refractivity contribution in [1.29, 1.82) is 0 Å². The highest BCUT2D eigenvalue weighted by atomic mass is 16.7. The van der Waals surface area contributed by atoms with Crippen molar-refractivity contribution in [2.75, 3.05) is 0 Å². The van der Waals surface area contributed by atoms with Gasteiger partial charge in [-0.2, -0.15) is 0 Å². The van der Waals surface area contributed by atoms with Crippen LogP contribution in [0.15, 0.2) is 0 Å². The molecule has 0 spiro atoms. The Hall–Kier alpha value is -4.38. The highest BCUT2D eigenvalue weighted by molar-refractivity contribution is 6.05. The molecule has 0 aliphatic carbocycles. The molecule has 3 fully saturated rings. The van der Waals surface area contributed by atoms with Crippen LogP contribution in [0.5, 0.6) is 0 Å². The van der Waals surface area contributed by atoms with Gasteiger partial charge >= 0.3 is 22.1 Å². The molecule has 0 aromatic heterocycles. The minimum atomic E-state index is -1.99. The van der Waals surface area contributed by atoms with Crippen molar-refractivity contribution in [3.8, 4) is 0 Å². The van der Waals surface area contributed by atoms with Crippen molar-refractivity contribution >= 4 is 35.7 Å². The molecule has 4 atom stereocenters. The van der Waals surface area contributed by atoms with Crippen LogP contribution in [0, 0.1) is 9.81 Å². The number of hydrogen-bond acceptors (Lipinski definition) is 8. The lowest BCUT2D eigenvalue weighted by molar-refractivity contribution is -0.944. The second-order valence-electron chi connectivity index (χ2n) is 7.04. The number of piperazine rings is 1. The van der Waals surface area contributed by atoms with Gasteiger partial charge in [-0.25, -0.2) is 39.6 Å². The summed E-state index contributed by atoms with van der Waals surface area (Å²) < 4.78 is 0. The second kappa shape index (κ2) is 7.10. The van der Waals surface area contributed by atoms with E-state index in [1.165, 1.54) is 0 Å². The summed E-state index contributed by atoms with van der Waals surface area (Å²) in [6.07, 6.45) is -7.95. The van der Waals surface area contributed by atoms with Crippen LogP contribution in [-0.2, 0) is 19.2 Å². The van der Waals surface area contributed by atoms with Crippen molar-refractivity contribution in [3.05, 3.63) is 9.81 Å². The first-order valence-corrected chi connectivity index (χ1v) is 8.91. The standard InChI is InChI=1S/C14H18N8O10/c1-5(23)15-9-10(16(6(2)24)13(15)27)20(22(31)32)12-11(19(9)21(29)30)17(7(3)25)14(28)18(12)8(4)26/h9-12H,1-4H3,(H,29,30)(H,31,32)/q+2. The SMILES string of the molecule is CC(=O)N1C(=O)N(C(C)=O)C2C1N([N+](=O)O)C1C(N(C(C)=O)C(=O)N1C(C)=O)N2[N+](=O)O. The Labute approximate surface area is 177 Å².